The van der Waals surface area contributed by atoms with Crippen LogP contribution < -0.4 is 0 Å². The number of hydrogen-bond donors (Lipinski definition) is 1. The molecule has 0 bridgehead atoms. The van der Waals surface area contributed by atoms with Crippen molar-refractivity contribution in [2.45, 2.75) is 18.9 Å². The van der Waals surface area contributed by atoms with Crippen LogP contribution in [0.1, 0.15) is 11.1 Å². The highest BCUT2D eigenvalue weighted by molar-refractivity contribution is 6.31. The van der Waals surface area contributed by atoms with E-state index in [4.69, 9.17) is 23.2 Å². The molecule has 0 saturated heterocycles. The summed E-state index contributed by atoms with van der Waals surface area (Å²) >= 11 is 11.6. The van der Waals surface area contributed by atoms with Crippen molar-refractivity contribution >= 4 is 23.2 Å². The highest BCUT2D eigenvalue weighted by atomic mass is 35.5. The lowest BCUT2D eigenvalue weighted by Gasteiger charge is -2.12. The first kappa shape index (κ1) is 15.2. The van der Waals surface area contributed by atoms with Gasteiger partial charge in [0.25, 0.3) is 0 Å². The van der Waals surface area contributed by atoms with Gasteiger partial charge in [0.1, 0.15) is 11.6 Å². The molecule has 0 fully saturated rings. The number of rotatable bonds is 4. The monoisotopic (exact) mass is 316 g/mol. The van der Waals surface area contributed by atoms with Gasteiger partial charge < -0.3 is 5.11 Å². The molecule has 106 valence electrons. The summed E-state index contributed by atoms with van der Waals surface area (Å²) in [4.78, 5) is 0. The zero-order valence-corrected chi connectivity index (χ0v) is 11.9. The summed E-state index contributed by atoms with van der Waals surface area (Å²) in [6.07, 6.45) is -0.110. The Morgan fingerprint density at radius 2 is 1.70 bits per heavy atom. The molecule has 2 aromatic rings. The Morgan fingerprint density at radius 3 is 2.35 bits per heavy atom. The molecular formula is C15H12Cl2F2O. The first-order chi connectivity index (χ1) is 9.45. The maximum Gasteiger partial charge on any atom is 0.141 e. The fourth-order valence-corrected chi connectivity index (χ4v) is 2.40. The fraction of sp³-hybridized carbons (Fsp3) is 0.200. The van der Waals surface area contributed by atoms with E-state index in [2.05, 4.69) is 0 Å². The Hall–Kier alpha value is -1.16. The van der Waals surface area contributed by atoms with Gasteiger partial charge in [0.15, 0.2) is 0 Å². The second-order valence-corrected chi connectivity index (χ2v) is 5.36. The van der Waals surface area contributed by atoms with Gasteiger partial charge in [-0.3, -0.25) is 0 Å². The Balaban J connectivity index is 2.04. The number of aliphatic hydroxyl groups is 1. The number of halogens is 4. The Kier molecular flexibility index (Phi) is 4.97. The van der Waals surface area contributed by atoms with Crippen LogP contribution in [0, 0.1) is 11.6 Å². The Bertz CT molecular complexity index is 617. The van der Waals surface area contributed by atoms with Crippen LogP contribution in [-0.2, 0) is 12.8 Å². The average Bonchev–Trinajstić information content (AvgIpc) is 2.37. The van der Waals surface area contributed by atoms with Crippen LogP contribution in [-0.4, -0.2) is 11.2 Å². The third-order valence-electron chi connectivity index (χ3n) is 2.93. The first-order valence-electron chi connectivity index (χ1n) is 6.01. The van der Waals surface area contributed by atoms with E-state index in [-0.39, 0.29) is 16.5 Å². The van der Waals surface area contributed by atoms with E-state index in [1.165, 1.54) is 24.3 Å². The third-order valence-corrected chi connectivity index (χ3v) is 3.57. The minimum Gasteiger partial charge on any atom is -0.392 e. The maximum absolute atomic E-state index is 13.0. The van der Waals surface area contributed by atoms with Gasteiger partial charge in [0.05, 0.1) is 11.1 Å². The zero-order chi connectivity index (χ0) is 14.7. The van der Waals surface area contributed by atoms with Crippen molar-refractivity contribution in [3.63, 3.8) is 0 Å². The molecule has 0 amide bonds. The molecule has 0 aliphatic carbocycles. The summed E-state index contributed by atoms with van der Waals surface area (Å²) < 4.78 is 25.9. The fourth-order valence-electron chi connectivity index (χ4n) is 1.95. The van der Waals surface area contributed by atoms with Crippen molar-refractivity contribution in [3.05, 3.63) is 69.2 Å². The predicted octanol–water partition coefficient (Wildman–Crippen LogP) is 4.42. The van der Waals surface area contributed by atoms with Crippen LogP contribution >= 0.6 is 23.2 Å². The summed E-state index contributed by atoms with van der Waals surface area (Å²) in [6, 6.07) is 8.35. The third kappa shape index (κ3) is 3.92. The van der Waals surface area contributed by atoms with Gasteiger partial charge in [-0.15, -0.1) is 0 Å². The standard InChI is InChI=1S/C15H12Cl2F2O/c16-13-8-11(18)3-2-10(13)7-12(20)5-9-1-4-15(19)14(17)6-9/h1-4,6,8,12,20H,5,7H2. The van der Waals surface area contributed by atoms with E-state index < -0.39 is 17.7 Å². The second-order valence-electron chi connectivity index (χ2n) is 4.55. The lowest BCUT2D eigenvalue weighted by molar-refractivity contribution is 0.175. The molecule has 0 radical (unpaired) electrons. The van der Waals surface area contributed by atoms with Crippen molar-refractivity contribution in [3.8, 4) is 0 Å². The van der Waals surface area contributed by atoms with Gasteiger partial charge in [0.2, 0.25) is 0 Å². The highest BCUT2D eigenvalue weighted by Gasteiger charge is 2.11. The molecule has 0 aromatic heterocycles. The lowest BCUT2D eigenvalue weighted by Crippen LogP contribution is -2.14. The van der Waals surface area contributed by atoms with Crippen molar-refractivity contribution < 1.29 is 13.9 Å². The molecule has 0 aliphatic heterocycles. The average molecular weight is 317 g/mol. The summed E-state index contributed by atoms with van der Waals surface area (Å²) in [5.74, 6) is -0.912. The Morgan fingerprint density at radius 1 is 0.950 bits per heavy atom. The van der Waals surface area contributed by atoms with E-state index in [0.717, 1.165) is 5.56 Å². The van der Waals surface area contributed by atoms with Gasteiger partial charge in [-0.05, 0) is 41.8 Å². The molecule has 0 spiro atoms. The summed E-state index contributed by atoms with van der Waals surface area (Å²) in [5.41, 5.74) is 1.39. The van der Waals surface area contributed by atoms with E-state index >= 15 is 0 Å². The molecule has 2 rings (SSSR count). The molecule has 0 heterocycles. The summed E-state index contributed by atoms with van der Waals surface area (Å²) in [7, 11) is 0. The Labute approximate surface area is 125 Å². The zero-order valence-electron chi connectivity index (χ0n) is 10.4. The molecule has 0 aliphatic rings. The highest BCUT2D eigenvalue weighted by Crippen LogP contribution is 2.21. The molecule has 1 atom stereocenters. The SMILES string of the molecule is OC(Cc1ccc(F)c(Cl)c1)Cc1ccc(F)cc1Cl. The molecule has 5 heteroatoms. The lowest BCUT2D eigenvalue weighted by atomic mass is 10.0. The van der Waals surface area contributed by atoms with Gasteiger partial charge in [-0.1, -0.05) is 35.3 Å². The smallest absolute Gasteiger partial charge is 0.141 e. The summed E-state index contributed by atoms with van der Waals surface area (Å²) in [5, 5.41) is 10.3. The van der Waals surface area contributed by atoms with Crippen molar-refractivity contribution in [2.24, 2.45) is 0 Å². The van der Waals surface area contributed by atoms with E-state index in [1.807, 2.05) is 0 Å². The quantitative estimate of drug-likeness (QED) is 0.885. The van der Waals surface area contributed by atoms with Gasteiger partial charge >= 0.3 is 0 Å². The predicted molar refractivity (Wildman–Crippen MR) is 76.2 cm³/mol. The second kappa shape index (κ2) is 6.53. The van der Waals surface area contributed by atoms with Crippen LogP contribution in [0.4, 0.5) is 8.78 Å². The minimum absolute atomic E-state index is 0.0227. The topological polar surface area (TPSA) is 20.2 Å². The molecular weight excluding hydrogens is 305 g/mol. The van der Waals surface area contributed by atoms with Crippen LogP contribution in [0.15, 0.2) is 36.4 Å². The van der Waals surface area contributed by atoms with Crippen LogP contribution in [0.2, 0.25) is 10.0 Å². The van der Waals surface area contributed by atoms with Crippen molar-refractivity contribution in [1.82, 2.24) is 0 Å². The van der Waals surface area contributed by atoms with Crippen molar-refractivity contribution in [2.75, 3.05) is 0 Å². The van der Waals surface area contributed by atoms with Crippen LogP contribution in [0.5, 0.6) is 0 Å². The van der Waals surface area contributed by atoms with E-state index in [1.54, 1.807) is 12.1 Å². The minimum atomic E-state index is -0.709. The van der Waals surface area contributed by atoms with E-state index in [9.17, 15) is 13.9 Å². The maximum atomic E-state index is 13.0. The number of aliphatic hydroxyl groups excluding tert-OH is 1. The number of benzene rings is 2. The normalized spacial score (nSPS) is 12.4. The van der Waals surface area contributed by atoms with Crippen LogP contribution in [0.25, 0.3) is 0 Å². The van der Waals surface area contributed by atoms with Gasteiger partial charge in [0, 0.05) is 11.4 Å². The molecule has 20 heavy (non-hydrogen) atoms. The molecule has 2 aromatic carbocycles. The van der Waals surface area contributed by atoms with Gasteiger partial charge in [-0.25, -0.2) is 8.78 Å². The van der Waals surface area contributed by atoms with Crippen LogP contribution in [0.3, 0.4) is 0 Å². The summed E-state index contributed by atoms with van der Waals surface area (Å²) in [6.45, 7) is 0. The van der Waals surface area contributed by atoms with Crippen molar-refractivity contribution in [1.29, 1.82) is 0 Å². The molecule has 1 N–H and O–H groups in total. The number of hydrogen-bond acceptors (Lipinski definition) is 1. The van der Waals surface area contributed by atoms with Gasteiger partial charge in [-0.2, -0.15) is 0 Å². The van der Waals surface area contributed by atoms with E-state index in [0.29, 0.717) is 12.0 Å². The molecule has 1 unspecified atom stereocenters. The largest absolute Gasteiger partial charge is 0.392 e. The molecule has 0 saturated carbocycles. The first-order valence-corrected chi connectivity index (χ1v) is 6.77. The molecule has 1 nitrogen and oxygen atoms in total.